The Labute approximate surface area is 131 Å². The van der Waals surface area contributed by atoms with Gasteiger partial charge in [-0.3, -0.25) is 9.59 Å². The number of nitrogens with two attached hydrogens (primary N) is 1. The second-order valence-corrected chi connectivity index (χ2v) is 6.89. The van der Waals surface area contributed by atoms with Crippen molar-refractivity contribution in [1.82, 2.24) is 5.06 Å². The van der Waals surface area contributed by atoms with Gasteiger partial charge in [0, 0.05) is 25.0 Å². The van der Waals surface area contributed by atoms with E-state index >= 15 is 0 Å². The Balaban J connectivity index is 2.33. The van der Waals surface area contributed by atoms with Crippen molar-refractivity contribution < 1.29 is 24.0 Å². The number of ether oxygens (including phenoxy) is 1. The van der Waals surface area contributed by atoms with Gasteiger partial charge < -0.3 is 15.3 Å². The van der Waals surface area contributed by atoms with E-state index in [0.717, 1.165) is 0 Å². The molecule has 22 heavy (non-hydrogen) atoms. The van der Waals surface area contributed by atoms with Crippen molar-refractivity contribution in [2.75, 3.05) is 6.61 Å². The predicted octanol–water partition coefficient (Wildman–Crippen LogP) is 1.30. The Bertz CT molecular complexity index is 424. The molecule has 0 aliphatic carbocycles. The fourth-order valence-electron chi connectivity index (χ4n) is 1.87. The highest BCUT2D eigenvalue weighted by molar-refractivity contribution is 6.01. The third-order valence-corrected chi connectivity index (χ3v) is 3.37. The van der Waals surface area contributed by atoms with Gasteiger partial charge in [-0.1, -0.05) is 0 Å². The molecule has 0 aromatic heterocycles. The van der Waals surface area contributed by atoms with Crippen molar-refractivity contribution in [3.63, 3.8) is 0 Å². The zero-order chi connectivity index (χ0) is 17.0. The minimum Gasteiger partial charge on any atom is -0.375 e. The molecule has 1 saturated heterocycles. The summed E-state index contributed by atoms with van der Waals surface area (Å²) in [5.74, 6) is -1.56. The van der Waals surface area contributed by atoms with E-state index in [2.05, 4.69) is 0 Å². The van der Waals surface area contributed by atoms with Crippen LogP contribution in [0, 0.1) is 0 Å². The van der Waals surface area contributed by atoms with Gasteiger partial charge in [-0.15, -0.1) is 5.06 Å². The third-order valence-electron chi connectivity index (χ3n) is 3.37. The van der Waals surface area contributed by atoms with Crippen LogP contribution in [0.4, 0.5) is 0 Å². The maximum Gasteiger partial charge on any atom is 0.333 e. The molecular weight excluding hydrogens is 288 g/mol. The number of hydroxylamine groups is 2. The second kappa shape index (κ2) is 7.19. The number of rotatable bonds is 8. The van der Waals surface area contributed by atoms with Gasteiger partial charge in [-0.25, -0.2) is 4.79 Å². The van der Waals surface area contributed by atoms with Gasteiger partial charge >= 0.3 is 5.97 Å². The number of hydrogen-bond acceptors (Lipinski definition) is 6. The Morgan fingerprint density at radius 2 is 1.68 bits per heavy atom. The van der Waals surface area contributed by atoms with E-state index in [4.69, 9.17) is 15.3 Å². The molecule has 1 rings (SSSR count). The van der Waals surface area contributed by atoms with Crippen molar-refractivity contribution in [3.8, 4) is 0 Å². The fourth-order valence-corrected chi connectivity index (χ4v) is 1.87. The van der Waals surface area contributed by atoms with Crippen molar-refractivity contribution >= 4 is 17.8 Å². The number of carbonyl (C=O) groups is 3. The Morgan fingerprint density at radius 3 is 2.18 bits per heavy atom. The quantitative estimate of drug-likeness (QED) is 0.678. The van der Waals surface area contributed by atoms with Crippen LogP contribution in [-0.2, 0) is 24.0 Å². The maximum absolute atomic E-state index is 11.7. The third kappa shape index (κ3) is 6.53. The summed E-state index contributed by atoms with van der Waals surface area (Å²) in [5, 5.41) is 0.563. The van der Waals surface area contributed by atoms with Crippen LogP contribution in [0.5, 0.6) is 0 Å². The monoisotopic (exact) mass is 314 g/mol. The van der Waals surface area contributed by atoms with Crippen LogP contribution in [0.1, 0.15) is 59.8 Å². The Hall–Kier alpha value is -1.47. The summed E-state index contributed by atoms with van der Waals surface area (Å²) in [6, 6.07) is 0. The molecule has 0 bridgehead atoms. The molecule has 0 spiro atoms. The zero-order valence-corrected chi connectivity index (χ0v) is 13.8. The molecule has 0 radical (unpaired) electrons. The Morgan fingerprint density at radius 1 is 1.14 bits per heavy atom. The van der Waals surface area contributed by atoms with E-state index in [1.54, 1.807) is 0 Å². The molecule has 126 valence electrons. The predicted molar refractivity (Wildman–Crippen MR) is 79.3 cm³/mol. The largest absolute Gasteiger partial charge is 0.375 e. The molecule has 1 fully saturated rings. The molecule has 1 heterocycles. The number of imide groups is 1. The first-order chi connectivity index (χ1) is 10.0. The van der Waals surface area contributed by atoms with Gasteiger partial charge in [0.25, 0.3) is 11.8 Å². The summed E-state index contributed by atoms with van der Waals surface area (Å²) in [6.45, 7) is 8.08. The molecule has 0 unspecified atom stereocenters. The van der Waals surface area contributed by atoms with Gasteiger partial charge in [0.1, 0.15) is 0 Å². The fraction of sp³-hybridized carbons (Fsp3) is 0.800. The van der Waals surface area contributed by atoms with Crippen LogP contribution in [0.15, 0.2) is 0 Å². The van der Waals surface area contributed by atoms with E-state index in [1.807, 2.05) is 27.7 Å². The van der Waals surface area contributed by atoms with Crippen molar-refractivity contribution in [2.45, 2.75) is 70.9 Å². The van der Waals surface area contributed by atoms with Crippen LogP contribution >= 0.6 is 0 Å². The molecule has 7 heteroatoms. The van der Waals surface area contributed by atoms with Crippen molar-refractivity contribution in [2.24, 2.45) is 5.73 Å². The molecule has 1 aliphatic heterocycles. The lowest BCUT2D eigenvalue weighted by molar-refractivity contribution is -0.198. The van der Waals surface area contributed by atoms with Gasteiger partial charge in [-0.2, -0.15) is 0 Å². The molecule has 2 amide bonds. The lowest BCUT2D eigenvalue weighted by Crippen LogP contribution is -2.36. The molecule has 0 atom stereocenters. The number of nitrogens with zero attached hydrogens (tertiary/aromatic N) is 1. The summed E-state index contributed by atoms with van der Waals surface area (Å²) in [5.41, 5.74) is 5.07. The van der Waals surface area contributed by atoms with Crippen LogP contribution in [0.3, 0.4) is 0 Å². The van der Waals surface area contributed by atoms with Crippen molar-refractivity contribution in [3.05, 3.63) is 0 Å². The van der Waals surface area contributed by atoms with Crippen LogP contribution in [0.2, 0.25) is 0 Å². The average Bonchev–Trinajstić information content (AvgIpc) is 2.66. The van der Waals surface area contributed by atoms with Gasteiger partial charge in [0.05, 0.1) is 12.0 Å². The van der Waals surface area contributed by atoms with Gasteiger partial charge in [-0.05, 0) is 40.5 Å². The number of carbonyl (C=O) groups excluding carboxylic acids is 3. The molecule has 7 nitrogen and oxygen atoms in total. The maximum atomic E-state index is 11.7. The van der Waals surface area contributed by atoms with Gasteiger partial charge in [0.2, 0.25) is 0 Å². The first-order valence-electron chi connectivity index (χ1n) is 7.50. The molecule has 0 aromatic carbocycles. The smallest absolute Gasteiger partial charge is 0.333 e. The van der Waals surface area contributed by atoms with Gasteiger partial charge in [0.15, 0.2) is 0 Å². The van der Waals surface area contributed by atoms with E-state index in [1.165, 1.54) is 0 Å². The van der Waals surface area contributed by atoms with E-state index in [-0.39, 0.29) is 24.8 Å². The average molecular weight is 314 g/mol. The minimum absolute atomic E-state index is 0.0656. The topological polar surface area (TPSA) is 98.9 Å². The first-order valence-corrected chi connectivity index (χ1v) is 7.50. The van der Waals surface area contributed by atoms with Crippen molar-refractivity contribution in [1.29, 1.82) is 0 Å². The summed E-state index contributed by atoms with van der Waals surface area (Å²) >= 11 is 0. The summed E-state index contributed by atoms with van der Waals surface area (Å²) in [7, 11) is 0. The standard InChI is InChI=1S/C15H26N2O5/c1-14(2,16)9-10-21-15(3,4)8-7-13(20)22-17-11(18)5-6-12(17)19/h5-10,16H2,1-4H3. The second-order valence-electron chi connectivity index (χ2n) is 6.89. The normalized spacial score (nSPS) is 16.3. The summed E-state index contributed by atoms with van der Waals surface area (Å²) in [4.78, 5) is 39.2. The highest BCUT2D eigenvalue weighted by Crippen LogP contribution is 2.20. The van der Waals surface area contributed by atoms with E-state index in [0.29, 0.717) is 24.5 Å². The van der Waals surface area contributed by atoms with E-state index < -0.39 is 23.4 Å². The molecule has 1 aliphatic rings. The number of amides is 2. The minimum atomic E-state index is -0.612. The lowest BCUT2D eigenvalue weighted by Gasteiger charge is -2.27. The molecule has 0 aromatic rings. The van der Waals surface area contributed by atoms with Crippen LogP contribution in [-0.4, -0.2) is 40.6 Å². The summed E-state index contributed by atoms with van der Waals surface area (Å²) < 4.78 is 5.73. The zero-order valence-electron chi connectivity index (χ0n) is 13.8. The lowest BCUT2D eigenvalue weighted by atomic mass is 10.0. The SMILES string of the molecule is CC(C)(N)CCOC(C)(C)CCC(=O)ON1C(=O)CCC1=O. The van der Waals surface area contributed by atoms with Crippen LogP contribution < -0.4 is 5.73 Å². The highest BCUT2D eigenvalue weighted by atomic mass is 16.7. The molecular formula is C15H26N2O5. The highest BCUT2D eigenvalue weighted by Gasteiger charge is 2.33. The Kier molecular flexibility index (Phi) is 6.08. The van der Waals surface area contributed by atoms with E-state index in [9.17, 15) is 14.4 Å². The molecule has 2 N–H and O–H groups in total. The molecule has 0 saturated carbocycles. The summed E-state index contributed by atoms with van der Waals surface area (Å²) in [6.07, 6.45) is 1.38. The number of hydrogen-bond donors (Lipinski definition) is 1. The van der Waals surface area contributed by atoms with Crippen LogP contribution in [0.25, 0.3) is 0 Å². The first kappa shape index (κ1) is 18.6.